The Morgan fingerprint density at radius 3 is 2.72 bits per heavy atom. The summed E-state index contributed by atoms with van der Waals surface area (Å²) in [4.78, 5) is 12.5. The van der Waals surface area contributed by atoms with Gasteiger partial charge in [-0.2, -0.15) is 24.7 Å². The Labute approximate surface area is 211 Å². The van der Waals surface area contributed by atoms with Gasteiger partial charge in [-0.15, -0.1) is 0 Å². The molecule has 2 saturated heterocycles. The molecule has 2 N–H and O–H groups in total. The van der Waals surface area contributed by atoms with E-state index in [1.165, 1.54) is 25.7 Å². The first-order valence-corrected chi connectivity index (χ1v) is 13.2. The number of aromatic nitrogens is 6. The van der Waals surface area contributed by atoms with Crippen molar-refractivity contribution >= 4 is 17.5 Å². The number of fused-ring (bicyclic) bond motifs is 1. The summed E-state index contributed by atoms with van der Waals surface area (Å²) in [5.74, 6) is 1.86. The van der Waals surface area contributed by atoms with Crippen molar-refractivity contribution in [2.45, 2.75) is 52.0 Å². The topological polar surface area (TPSA) is 88.2 Å². The van der Waals surface area contributed by atoms with Crippen LogP contribution in [0.3, 0.4) is 0 Å². The Balaban J connectivity index is 1.34. The van der Waals surface area contributed by atoms with Crippen LogP contribution < -0.4 is 15.5 Å². The van der Waals surface area contributed by atoms with Gasteiger partial charge in [0.2, 0.25) is 11.9 Å². The molecule has 36 heavy (non-hydrogen) atoms. The molecule has 4 aromatic rings. The molecule has 0 unspecified atom stereocenters. The summed E-state index contributed by atoms with van der Waals surface area (Å²) in [6, 6.07) is 10.2. The smallest absolute Gasteiger partial charge is 0.230 e. The predicted octanol–water partition coefficient (Wildman–Crippen LogP) is 4.02. The van der Waals surface area contributed by atoms with E-state index in [0.717, 1.165) is 60.5 Å². The van der Waals surface area contributed by atoms with E-state index in [-0.39, 0.29) is 0 Å². The van der Waals surface area contributed by atoms with Crippen LogP contribution in [0.4, 0.5) is 11.9 Å². The molecule has 6 rings (SSSR count). The van der Waals surface area contributed by atoms with Crippen LogP contribution >= 0.6 is 0 Å². The molecule has 1 spiro atoms. The fourth-order valence-electron chi connectivity index (χ4n) is 5.76. The van der Waals surface area contributed by atoms with Gasteiger partial charge < -0.3 is 15.5 Å². The van der Waals surface area contributed by atoms with Crippen molar-refractivity contribution in [3.8, 4) is 5.69 Å². The van der Waals surface area contributed by atoms with E-state index in [9.17, 15) is 0 Å². The molecule has 3 aromatic heterocycles. The van der Waals surface area contributed by atoms with Crippen LogP contribution in [0.5, 0.6) is 0 Å². The molecule has 5 heterocycles. The maximum absolute atomic E-state index is 5.08. The number of benzene rings is 1. The maximum atomic E-state index is 5.08. The Morgan fingerprint density at radius 2 is 1.92 bits per heavy atom. The molecule has 1 aromatic carbocycles. The highest BCUT2D eigenvalue weighted by molar-refractivity contribution is 5.57. The SMILES string of the molecule is CC(C)c1cnn2c(NCc3ccccc3-n3cccn3)nc(N3CCCC4(CCNCC4)C3)nc12. The highest BCUT2D eigenvalue weighted by Crippen LogP contribution is 2.39. The van der Waals surface area contributed by atoms with E-state index < -0.39 is 0 Å². The number of para-hydroxylation sites is 1. The van der Waals surface area contributed by atoms with Gasteiger partial charge in [-0.3, -0.25) is 0 Å². The van der Waals surface area contributed by atoms with Crippen molar-refractivity contribution in [3.63, 3.8) is 0 Å². The van der Waals surface area contributed by atoms with Crippen LogP contribution in [0, 0.1) is 5.41 Å². The number of hydrogen-bond donors (Lipinski definition) is 2. The normalized spacial score (nSPS) is 17.8. The number of piperidine rings is 2. The molecule has 9 nitrogen and oxygen atoms in total. The summed E-state index contributed by atoms with van der Waals surface area (Å²) >= 11 is 0. The standard InChI is InChI=1S/C27H35N9/c1-20(2)22-18-31-36-24(22)32-26(34-15-5-9-27(19-34)10-13-28-14-11-27)33-25(36)29-17-21-7-3-4-8-23(21)35-16-6-12-30-35/h3-4,6-8,12,16,18,20,28H,5,9-11,13-15,17,19H2,1-2H3,(H,29,32,33). The van der Waals surface area contributed by atoms with E-state index in [1.54, 1.807) is 6.20 Å². The third-order valence-corrected chi connectivity index (χ3v) is 7.79. The van der Waals surface area contributed by atoms with Crippen molar-refractivity contribution < 1.29 is 0 Å². The highest BCUT2D eigenvalue weighted by atomic mass is 15.4. The third-order valence-electron chi connectivity index (χ3n) is 7.79. The second-order valence-electron chi connectivity index (χ2n) is 10.5. The van der Waals surface area contributed by atoms with Gasteiger partial charge in [0.15, 0.2) is 5.65 Å². The van der Waals surface area contributed by atoms with Crippen LogP contribution in [-0.4, -0.2) is 55.5 Å². The minimum Gasteiger partial charge on any atom is -0.350 e. The van der Waals surface area contributed by atoms with Crippen LogP contribution in [0.25, 0.3) is 11.3 Å². The number of anilines is 2. The van der Waals surface area contributed by atoms with Crippen LogP contribution in [0.15, 0.2) is 48.9 Å². The van der Waals surface area contributed by atoms with Gasteiger partial charge in [0, 0.05) is 37.6 Å². The molecule has 0 atom stereocenters. The van der Waals surface area contributed by atoms with Gasteiger partial charge in [0.25, 0.3) is 0 Å². The lowest BCUT2D eigenvalue weighted by Crippen LogP contribution is -2.49. The molecule has 2 aliphatic rings. The molecule has 0 bridgehead atoms. The van der Waals surface area contributed by atoms with Crippen LogP contribution in [-0.2, 0) is 6.54 Å². The molecule has 0 amide bonds. The van der Waals surface area contributed by atoms with Gasteiger partial charge >= 0.3 is 0 Å². The van der Waals surface area contributed by atoms with E-state index in [2.05, 4.69) is 57.8 Å². The second-order valence-corrected chi connectivity index (χ2v) is 10.5. The summed E-state index contributed by atoms with van der Waals surface area (Å²) in [6.07, 6.45) is 10.6. The van der Waals surface area contributed by atoms with Crippen LogP contribution in [0.1, 0.15) is 56.6 Å². The maximum Gasteiger partial charge on any atom is 0.230 e. The molecular formula is C27H35N9. The minimum absolute atomic E-state index is 0.329. The molecule has 9 heteroatoms. The average Bonchev–Trinajstić information content (AvgIpc) is 3.58. The molecule has 188 valence electrons. The highest BCUT2D eigenvalue weighted by Gasteiger charge is 2.37. The number of hydrogen-bond acceptors (Lipinski definition) is 7. The molecule has 0 saturated carbocycles. The first-order valence-electron chi connectivity index (χ1n) is 13.2. The zero-order valence-corrected chi connectivity index (χ0v) is 21.2. The van der Waals surface area contributed by atoms with Gasteiger partial charge in [0.1, 0.15) is 0 Å². The minimum atomic E-state index is 0.329. The molecule has 2 aliphatic heterocycles. The Kier molecular flexibility index (Phi) is 6.08. The van der Waals surface area contributed by atoms with E-state index >= 15 is 0 Å². The van der Waals surface area contributed by atoms with Crippen molar-refractivity contribution in [2.75, 3.05) is 36.4 Å². The molecule has 2 fully saturated rings. The second kappa shape index (κ2) is 9.54. The lowest BCUT2D eigenvalue weighted by molar-refractivity contribution is 0.166. The van der Waals surface area contributed by atoms with Gasteiger partial charge in [-0.25, -0.2) is 4.68 Å². The van der Waals surface area contributed by atoms with E-state index in [4.69, 9.17) is 9.97 Å². The summed E-state index contributed by atoms with van der Waals surface area (Å²) in [7, 11) is 0. The summed E-state index contributed by atoms with van der Waals surface area (Å²) in [6.45, 7) is 9.23. The Morgan fingerprint density at radius 1 is 1.06 bits per heavy atom. The summed E-state index contributed by atoms with van der Waals surface area (Å²) in [5.41, 5.74) is 4.59. The van der Waals surface area contributed by atoms with E-state index in [1.807, 2.05) is 33.7 Å². The first kappa shape index (κ1) is 23.0. The van der Waals surface area contributed by atoms with Crippen molar-refractivity contribution in [1.82, 2.24) is 34.7 Å². The molecule has 0 radical (unpaired) electrons. The zero-order valence-electron chi connectivity index (χ0n) is 21.2. The number of rotatable bonds is 6. The predicted molar refractivity (Wildman–Crippen MR) is 142 cm³/mol. The van der Waals surface area contributed by atoms with Crippen LogP contribution in [0.2, 0.25) is 0 Å². The third kappa shape index (κ3) is 4.32. The average molecular weight is 486 g/mol. The fourth-order valence-corrected chi connectivity index (χ4v) is 5.76. The number of nitrogens with one attached hydrogen (secondary N) is 2. The first-order chi connectivity index (χ1) is 17.6. The van der Waals surface area contributed by atoms with Gasteiger partial charge in [0.05, 0.1) is 11.9 Å². The lowest BCUT2D eigenvalue weighted by Gasteiger charge is -2.45. The zero-order chi connectivity index (χ0) is 24.5. The largest absolute Gasteiger partial charge is 0.350 e. The van der Waals surface area contributed by atoms with Crippen molar-refractivity contribution in [3.05, 3.63) is 60.0 Å². The molecular weight excluding hydrogens is 450 g/mol. The lowest BCUT2D eigenvalue weighted by atomic mass is 9.73. The molecule has 0 aliphatic carbocycles. The monoisotopic (exact) mass is 485 g/mol. The quantitative estimate of drug-likeness (QED) is 0.427. The summed E-state index contributed by atoms with van der Waals surface area (Å²) in [5, 5.41) is 16.2. The van der Waals surface area contributed by atoms with Gasteiger partial charge in [-0.05, 0) is 67.8 Å². The van der Waals surface area contributed by atoms with Crippen molar-refractivity contribution in [1.29, 1.82) is 0 Å². The Bertz CT molecular complexity index is 1310. The van der Waals surface area contributed by atoms with Crippen molar-refractivity contribution in [2.24, 2.45) is 5.41 Å². The van der Waals surface area contributed by atoms with E-state index in [0.29, 0.717) is 17.9 Å². The summed E-state index contributed by atoms with van der Waals surface area (Å²) < 4.78 is 3.76. The Hall–Kier alpha value is -3.46. The number of nitrogens with zero attached hydrogens (tertiary/aromatic N) is 7. The van der Waals surface area contributed by atoms with Gasteiger partial charge in [-0.1, -0.05) is 32.0 Å². The fraction of sp³-hybridized carbons (Fsp3) is 0.481.